The standard InChI is InChI=1S/C13H17BNO.2H2O/c1-11-7-9-15(10-8-11)13(16)14-12-5-3-2-4-6-12;;/h2-6,11H,7-10H2,1H3;2*1H2. The van der Waals surface area contributed by atoms with E-state index in [2.05, 4.69) is 6.92 Å². The van der Waals surface area contributed by atoms with E-state index in [-0.39, 0.29) is 16.8 Å². The Labute approximate surface area is 109 Å². The highest BCUT2D eigenvalue weighted by atomic mass is 16.1. The topological polar surface area (TPSA) is 83.3 Å². The van der Waals surface area contributed by atoms with Gasteiger partial charge in [-0.3, -0.25) is 4.79 Å². The molecule has 1 radical (unpaired) electrons. The molecule has 1 aliphatic rings. The highest BCUT2D eigenvalue weighted by molar-refractivity contribution is 6.83. The number of benzene rings is 1. The first-order valence-electron chi connectivity index (χ1n) is 5.94. The van der Waals surface area contributed by atoms with E-state index in [4.69, 9.17) is 0 Å². The zero-order valence-corrected chi connectivity index (χ0v) is 10.7. The van der Waals surface area contributed by atoms with Gasteiger partial charge in [-0.05, 0) is 18.8 Å². The molecule has 2 rings (SSSR count). The molecular formula is C13H21BNO3. The lowest BCUT2D eigenvalue weighted by Gasteiger charge is -2.30. The molecule has 4 N–H and O–H groups in total. The van der Waals surface area contributed by atoms with Gasteiger partial charge in [-0.15, -0.1) is 0 Å². The third kappa shape index (κ3) is 4.51. The van der Waals surface area contributed by atoms with Gasteiger partial charge in [0, 0.05) is 13.1 Å². The van der Waals surface area contributed by atoms with Crippen LogP contribution in [-0.4, -0.2) is 42.0 Å². The SMILES string of the molecule is CC1CCN(C(=O)[B]c2ccccc2)CC1.O.O. The Morgan fingerprint density at radius 1 is 1.17 bits per heavy atom. The molecule has 0 atom stereocenters. The lowest BCUT2D eigenvalue weighted by Crippen LogP contribution is -2.42. The summed E-state index contributed by atoms with van der Waals surface area (Å²) in [6, 6.07) is 9.80. The van der Waals surface area contributed by atoms with Crippen LogP contribution in [0.1, 0.15) is 19.8 Å². The number of carbonyl (C=O) groups is 1. The predicted octanol–water partition coefficient (Wildman–Crippen LogP) is 0.219. The molecule has 1 aromatic carbocycles. The Morgan fingerprint density at radius 2 is 1.72 bits per heavy atom. The molecule has 1 saturated heterocycles. The van der Waals surface area contributed by atoms with Crippen molar-refractivity contribution in [1.82, 2.24) is 4.90 Å². The van der Waals surface area contributed by atoms with Crippen LogP contribution in [0.5, 0.6) is 0 Å². The number of amides is 1. The van der Waals surface area contributed by atoms with E-state index in [0.717, 1.165) is 37.3 Å². The van der Waals surface area contributed by atoms with E-state index in [0.29, 0.717) is 0 Å². The zero-order valence-electron chi connectivity index (χ0n) is 10.7. The quantitative estimate of drug-likeness (QED) is 0.691. The summed E-state index contributed by atoms with van der Waals surface area (Å²) in [5.41, 5.74) is 0.992. The van der Waals surface area contributed by atoms with Crippen LogP contribution in [0.2, 0.25) is 0 Å². The van der Waals surface area contributed by atoms with Crippen molar-refractivity contribution >= 4 is 18.5 Å². The second-order valence-corrected chi connectivity index (χ2v) is 4.56. The number of rotatable bonds is 2. The van der Waals surface area contributed by atoms with Gasteiger partial charge >= 0.3 is 0 Å². The largest absolute Gasteiger partial charge is 0.412 e. The number of carbonyl (C=O) groups excluding carboxylic acids is 1. The van der Waals surface area contributed by atoms with Crippen LogP contribution in [-0.2, 0) is 0 Å². The highest BCUT2D eigenvalue weighted by Gasteiger charge is 2.20. The van der Waals surface area contributed by atoms with Gasteiger partial charge in [0.2, 0.25) is 0 Å². The number of piperidine rings is 1. The van der Waals surface area contributed by atoms with Gasteiger partial charge in [-0.25, -0.2) is 0 Å². The third-order valence-corrected chi connectivity index (χ3v) is 3.19. The minimum absolute atomic E-state index is 0. The number of likely N-dealkylation sites (tertiary alicyclic amines) is 1. The van der Waals surface area contributed by atoms with Gasteiger partial charge < -0.3 is 15.9 Å². The Bertz CT molecular complexity index is 351. The van der Waals surface area contributed by atoms with E-state index in [1.165, 1.54) is 0 Å². The fourth-order valence-corrected chi connectivity index (χ4v) is 2.01. The van der Waals surface area contributed by atoms with Crippen LogP contribution in [0.4, 0.5) is 4.79 Å². The molecule has 1 aliphatic heterocycles. The van der Waals surface area contributed by atoms with Crippen molar-refractivity contribution in [3.63, 3.8) is 0 Å². The molecule has 18 heavy (non-hydrogen) atoms. The van der Waals surface area contributed by atoms with Crippen molar-refractivity contribution in [3.05, 3.63) is 30.3 Å². The van der Waals surface area contributed by atoms with Crippen molar-refractivity contribution in [3.8, 4) is 0 Å². The molecule has 0 bridgehead atoms. The highest BCUT2D eigenvalue weighted by Crippen LogP contribution is 2.15. The van der Waals surface area contributed by atoms with Crippen molar-refractivity contribution in [2.75, 3.05) is 13.1 Å². The average Bonchev–Trinajstić information content (AvgIpc) is 2.31. The van der Waals surface area contributed by atoms with Crippen molar-refractivity contribution in [2.24, 2.45) is 5.92 Å². The Morgan fingerprint density at radius 3 is 2.28 bits per heavy atom. The molecule has 0 spiro atoms. The van der Waals surface area contributed by atoms with Crippen LogP contribution in [0.25, 0.3) is 0 Å². The average molecular weight is 250 g/mol. The van der Waals surface area contributed by atoms with Gasteiger partial charge in [0.1, 0.15) is 0 Å². The van der Waals surface area contributed by atoms with Crippen molar-refractivity contribution < 1.29 is 15.7 Å². The zero-order chi connectivity index (χ0) is 11.4. The van der Waals surface area contributed by atoms with Gasteiger partial charge in [-0.1, -0.05) is 42.7 Å². The van der Waals surface area contributed by atoms with Crippen molar-refractivity contribution in [1.29, 1.82) is 0 Å². The second kappa shape index (κ2) is 7.90. The molecule has 99 valence electrons. The van der Waals surface area contributed by atoms with E-state index in [1.807, 2.05) is 35.2 Å². The van der Waals surface area contributed by atoms with E-state index >= 15 is 0 Å². The predicted molar refractivity (Wildman–Crippen MR) is 74.4 cm³/mol. The summed E-state index contributed by atoms with van der Waals surface area (Å²) >= 11 is 0. The Balaban J connectivity index is 0.00000144. The number of hydrogen-bond donors (Lipinski definition) is 0. The summed E-state index contributed by atoms with van der Waals surface area (Å²) < 4.78 is 0. The molecule has 0 aliphatic carbocycles. The monoisotopic (exact) mass is 250 g/mol. The molecular weight excluding hydrogens is 229 g/mol. The molecule has 0 aromatic heterocycles. The minimum atomic E-state index is 0. The second-order valence-electron chi connectivity index (χ2n) is 4.56. The molecule has 0 unspecified atom stereocenters. The van der Waals surface area contributed by atoms with Crippen molar-refractivity contribution in [2.45, 2.75) is 19.8 Å². The minimum Gasteiger partial charge on any atom is -0.412 e. The van der Waals surface area contributed by atoms with E-state index in [9.17, 15) is 4.79 Å². The Kier molecular flexibility index (Phi) is 7.32. The first-order valence-corrected chi connectivity index (χ1v) is 5.94. The first-order chi connectivity index (χ1) is 7.75. The number of hydrogen-bond acceptors (Lipinski definition) is 1. The molecule has 1 heterocycles. The smallest absolute Gasteiger partial charge is 0.271 e. The lowest BCUT2D eigenvalue weighted by molar-refractivity contribution is 0.195. The summed E-state index contributed by atoms with van der Waals surface area (Å²) in [5.74, 6) is 0.916. The lowest BCUT2D eigenvalue weighted by atomic mass is 9.68. The first kappa shape index (κ1) is 16.7. The summed E-state index contributed by atoms with van der Waals surface area (Å²) in [7, 11) is 1.73. The van der Waals surface area contributed by atoms with Gasteiger partial charge in [-0.2, -0.15) is 0 Å². The molecule has 5 heteroatoms. The summed E-state index contributed by atoms with van der Waals surface area (Å²) in [6.07, 6.45) is 2.27. The molecule has 1 amide bonds. The van der Waals surface area contributed by atoms with Gasteiger partial charge in [0.25, 0.3) is 7.28 Å². The fourth-order valence-electron chi connectivity index (χ4n) is 2.01. The summed E-state index contributed by atoms with van der Waals surface area (Å²) in [6.45, 7) is 4.06. The van der Waals surface area contributed by atoms with Crippen LogP contribution in [0.3, 0.4) is 0 Å². The fraction of sp³-hybridized carbons (Fsp3) is 0.462. The third-order valence-electron chi connectivity index (χ3n) is 3.19. The molecule has 0 saturated carbocycles. The Hall–Kier alpha value is -1.33. The van der Waals surface area contributed by atoms with E-state index in [1.54, 1.807) is 7.28 Å². The maximum absolute atomic E-state index is 11.9. The summed E-state index contributed by atoms with van der Waals surface area (Å²) in [5, 5.41) is 0. The molecule has 4 nitrogen and oxygen atoms in total. The summed E-state index contributed by atoms with van der Waals surface area (Å²) in [4.78, 5) is 13.9. The molecule has 1 fully saturated rings. The van der Waals surface area contributed by atoms with Gasteiger partial charge in [0.15, 0.2) is 5.81 Å². The maximum Gasteiger partial charge on any atom is 0.271 e. The number of nitrogens with zero attached hydrogens (tertiary/aromatic N) is 1. The van der Waals surface area contributed by atoms with Crippen LogP contribution in [0.15, 0.2) is 30.3 Å². The van der Waals surface area contributed by atoms with Crippen LogP contribution in [0, 0.1) is 5.92 Å². The molecule has 1 aromatic rings. The van der Waals surface area contributed by atoms with Gasteiger partial charge in [0.05, 0.1) is 0 Å². The van der Waals surface area contributed by atoms with E-state index < -0.39 is 0 Å². The van der Waals surface area contributed by atoms with Crippen LogP contribution < -0.4 is 5.46 Å². The maximum atomic E-state index is 11.9. The normalized spacial score (nSPS) is 15.3. The van der Waals surface area contributed by atoms with Crippen LogP contribution >= 0.6 is 0 Å².